The van der Waals surface area contributed by atoms with Crippen LogP contribution in [0.15, 0.2) is 48.5 Å². The van der Waals surface area contributed by atoms with E-state index >= 15 is 0 Å². The first-order valence-corrected chi connectivity index (χ1v) is 8.47. The summed E-state index contributed by atoms with van der Waals surface area (Å²) in [4.78, 5) is 4.48. The average Bonchev–Trinajstić information content (AvgIpc) is 2.63. The monoisotopic (exact) mass is 339 g/mol. The normalized spacial score (nSPS) is 10.8. The molecule has 6 heteroatoms. The summed E-state index contributed by atoms with van der Waals surface area (Å²) in [7, 11) is 0. The predicted molar refractivity (Wildman–Crippen MR) is 98.5 cm³/mol. The number of anilines is 1. The zero-order valence-electron chi connectivity index (χ0n) is 14.2. The van der Waals surface area contributed by atoms with Crippen molar-refractivity contribution in [3.05, 3.63) is 65.4 Å². The van der Waals surface area contributed by atoms with E-state index in [1.165, 1.54) is 12.1 Å². The van der Waals surface area contributed by atoms with Crippen LogP contribution in [0.5, 0.6) is 0 Å². The number of rotatable bonds is 7. The minimum absolute atomic E-state index is 0.185. The Morgan fingerprint density at radius 2 is 1.96 bits per heavy atom. The fourth-order valence-corrected chi connectivity index (χ4v) is 2.61. The van der Waals surface area contributed by atoms with E-state index < -0.39 is 0 Å². The van der Waals surface area contributed by atoms with E-state index in [1.54, 1.807) is 10.7 Å². The molecule has 1 heterocycles. The highest BCUT2D eigenvalue weighted by molar-refractivity contribution is 5.76. The Balaban J connectivity index is 1.98. The lowest BCUT2D eigenvalue weighted by atomic mass is 10.2. The molecule has 3 rings (SSSR count). The second-order valence-corrected chi connectivity index (χ2v) is 5.88. The molecule has 0 amide bonds. The van der Waals surface area contributed by atoms with Gasteiger partial charge in [0.1, 0.15) is 5.82 Å². The molecule has 0 radical (unpaired) electrons. The third-order valence-corrected chi connectivity index (χ3v) is 3.97. The van der Waals surface area contributed by atoms with Gasteiger partial charge in [-0.3, -0.25) is 5.41 Å². The number of aromatic nitrogens is 2. The molecule has 0 bridgehead atoms. The first-order valence-electron chi connectivity index (χ1n) is 8.47. The topological polar surface area (TPSA) is 65.7 Å². The molecule has 0 saturated carbocycles. The van der Waals surface area contributed by atoms with Gasteiger partial charge >= 0.3 is 0 Å². The smallest absolute Gasteiger partial charge is 0.187 e. The van der Waals surface area contributed by atoms with E-state index in [2.05, 4.69) is 22.7 Å². The molecule has 0 fully saturated rings. The molecule has 130 valence electrons. The molecule has 0 aliphatic heterocycles. The van der Waals surface area contributed by atoms with Crippen LogP contribution in [0.4, 0.5) is 10.2 Å². The summed E-state index contributed by atoms with van der Waals surface area (Å²) in [6.07, 6.45) is 2.06. The van der Waals surface area contributed by atoms with Gasteiger partial charge in [-0.1, -0.05) is 43.7 Å². The zero-order valence-corrected chi connectivity index (χ0v) is 14.2. The van der Waals surface area contributed by atoms with Crippen LogP contribution in [0.25, 0.3) is 11.0 Å². The van der Waals surface area contributed by atoms with Gasteiger partial charge in [-0.2, -0.15) is 0 Å². The fraction of sp³-hybridized carbons (Fsp3) is 0.263. The molecular formula is C19H22FN5. The van der Waals surface area contributed by atoms with Gasteiger partial charge < -0.3 is 10.7 Å². The van der Waals surface area contributed by atoms with Gasteiger partial charge in [-0.15, -0.1) is 0 Å². The molecule has 0 aliphatic rings. The first kappa shape index (κ1) is 17.0. The summed E-state index contributed by atoms with van der Waals surface area (Å²) in [6.45, 7) is 3.39. The Morgan fingerprint density at radius 1 is 1.16 bits per heavy atom. The van der Waals surface area contributed by atoms with Crippen LogP contribution in [0.1, 0.15) is 25.3 Å². The summed E-state index contributed by atoms with van der Waals surface area (Å²) >= 11 is 0. The molecule has 0 saturated heterocycles. The van der Waals surface area contributed by atoms with Gasteiger partial charge in [0.2, 0.25) is 0 Å². The predicted octanol–water partition coefficient (Wildman–Crippen LogP) is 3.61. The summed E-state index contributed by atoms with van der Waals surface area (Å²) in [6, 6.07) is 14.3. The summed E-state index contributed by atoms with van der Waals surface area (Å²) in [5.41, 5.74) is 5.66. The van der Waals surface area contributed by atoms with E-state index in [0.29, 0.717) is 23.4 Å². The SMILES string of the molecule is CCCCNc1nc2ccc(F)cc2n(NCc2ccccc2)c1=N. The summed E-state index contributed by atoms with van der Waals surface area (Å²) < 4.78 is 15.3. The molecular weight excluding hydrogens is 317 g/mol. The van der Waals surface area contributed by atoms with Crippen molar-refractivity contribution in [2.45, 2.75) is 26.3 Å². The number of benzene rings is 2. The van der Waals surface area contributed by atoms with Crippen LogP contribution in [0, 0.1) is 11.2 Å². The van der Waals surface area contributed by atoms with Crippen molar-refractivity contribution >= 4 is 16.9 Å². The quantitative estimate of drug-likeness (QED) is 0.576. The van der Waals surface area contributed by atoms with E-state index in [-0.39, 0.29) is 11.3 Å². The Labute approximate surface area is 146 Å². The van der Waals surface area contributed by atoms with Crippen LogP contribution in [0.3, 0.4) is 0 Å². The molecule has 1 aromatic heterocycles. The summed E-state index contributed by atoms with van der Waals surface area (Å²) in [5.74, 6) is 0.142. The number of fused-ring (bicyclic) bond motifs is 1. The van der Waals surface area contributed by atoms with Crippen LogP contribution in [0.2, 0.25) is 0 Å². The van der Waals surface area contributed by atoms with E-state index in [1.807, 2.05) is 30.3 Å². The zero-order chi connectivity index (χ0) is 17.6. The molecule has 0 spiro atoms. The Hall–Kier alpha value is -2.89. The Bertz CT molecular complexity index is 905. The largest absolute Gasteiger partial charge is 0.367 e. The highest BCUT2D eigenvalue weighted by atomic mass is 19.1. The van der Waals surface area contributed by atoms with E-state index in [4.69, 9.17) is 5.41 Å². The molecule has 5 nitrogen and oxygen atoms in total. The number of nitrogens with one attached hydrogen (secondary N) is 3. The highest BCUT2D eigenvalue weighted by Gasteiger charge is 2.09. The van der Waals surface area contributed by atoms with Crippen molar-refractivity contribution in [2.24, 2.45) is 0 Å². The second-order valence-electron chi connectivity index (χ2n) is 5.88. The number of halogens is 1. The van der Waals surface area contributed by atoms with E-state index in [0.717, 1.165) is 24.9 Å². The van der Waals surface area contributed by atoms with Gasteiger partial charge in [-0.05, 0) is 24.1 Å². The lowest BCUT2D eigenvalue weighted by Crippen LogP contribution is -2.32. The van der Waals surface area contributed by atoms with Crippen LogP contribution < -0.4 is 16.2 Å². The van der Waals surface area contributed by atoms with Crippen molar-refractivity contribution in [2.75, 3.05) is 17.3 Å². The van der Waals surface area contributed by atoms with Crippen LogP contribution in [-0.2, 0) is 6.54 Å². The number of nitrogens with zero attached hydrogens (tertiary/aromatic N) is 2. The second kappa shape index (κ2) is 7.79. The highest BCUT2D eigenvalue weighted by Crippen LogP contribution is 2.13. The number of hydrogen-bond acceptors (Lipinski definition) is 4. The number of unbranched alkanes of at least 4 members (excludes halogenated alkanes) is 1. The van der Waals surface area contributed by atoms with Gasteiger partial charge in [0.25, 0.3) is 0 Å². The fourth-order valence-electron chi connectivity index (χ4n) is 2.61. The van der Waals surface area contributed by atoms with Crippen molar-refractivity contribution in [3.63, 3.8) is 0 Å². The minimum atomic E-state index is -0.351. The van der Waals surface area contributed by atoms with Gasteiger partial charge in [0.05, 0.1) is 17.6 Å². The van der Waals surface area contributed by atoms with Crippen molar-refractivity contribution in [1.29, 1.82) is 5.41 Å². The first-order chi connectivity index (χ1) is 12.2. The van der Waals surface area contributed by atoms with Gasteiger partial charge in [0.15, 0.2) is 11.3 Å². The van der Waals surface area contributed by atoms with Crippen molar-refractivity contribution in [1.82, 2.24) is 9.66 Å². The standard InChI is InChI=1S/C19H22FN5/c1-2-3-11-22-19-18(21)25(23-13-14-7-5-4-6-8-14)17-12-15(20)9-10-16(17)24-19/h4-10,12,21,23H,2-3,11,13H2,1H3,(H,22,24). The molecule has 2 aromatic carbocycles. The molecule has 3 aromatic rings. The third-order valence-electron chi connectivity index (χ3n) is 3.97. The summed E-state index contributed by atoms with van der Waals surface area (Å²) in [5, 5.41) is 11.7. The molecule has 3 N–H and O–H groups in total. The number of hydrogen-bond donors (Lipinski definition) is 3. The Morgan fingerprint density at radius 3 is 2.72 bits per heavy atom. The van der Waals surface area contributed by atoms with Crippen LogP contribution >= 0.6 is 0 Å². The third kappa shape index (κ3) is 3.96. The van der Waals surface area contributed by atoms with E-state index in [9.17, 15) is 4.39 Å². The maximum atomic E-state index is 13.7. The maximum absolute atomic E-state index is 13.7. The van der Waals surface area contributed by atoms with Crippen molar-refractivity contribution < 1.29 is 4.39 Å². The maximum Gasteiger partial charge on any atom is 0.187 e. The van der Waals surface area contributed by atoms with Crippen LogP contribution in [-0.4, -0.2) is 16.2 Å². The Kier molecular flexibility index (Phi) is 5.28. The van der Waals surface area contributed by atoms with Crippen molar-refractivity contribution in [3.8, 4) is 0 Å². The minimum Gasteiger partial charge on any atom is -0.367 e. The molecule has 0 aliphatic carbocycles. The molecule has 0 atom stereocenters. The molecule has 0 unspecified atom stereocenters. The van der Waals surface area contributed by atoms with Gasteiger partial charge in [-0.25, -0.2) is 14.1 Å². The lowest BCUT2D eigenvalue weighted by molar-refractivity contribution is 0.628. The molecule has 25 heavy (non-hydrogen) atoms. The lowest BCUT2D eigenvalue weighted by Gasteiger charge is -2.16. The average molecular weight is 339 g/mol. The van der Waals surface area contributed by atoms with Gasteiger partial charge in [0, 0.05) is 12.6 Å².